The molecule has 92 valence electrons. The van der Waals surface area contributed by atoms with E-state index in [2.05, 4.69) is 11.3 Å². The van der Waals surface area contributed by atoms with E-state index in [1.165, 1.54) is 7.11 Å². The molecule has 0 N–H and O–H groups in total. The van der Waals surface area contributed by atoms with Gasteiger partial charge in [-0.3, -0.25) is 0 Å². The van der Waals surface area contributed by atoms with Gasteiger partial charge in [0.2, 0.25) is 0 Å². The summed E-state index contributed by atoms with van der Waals surface area (Å²) in [4.78, 5) is 10.2. The Labute approximate surface area is 102 Å². The van der Waals surface area contributed by atoms with Gasteiger partial charge in [-0.15, -0.1) is 0 Å². The van der Waals surface area contributed by atoms with E-state index in [0.717, 1.165) is 5.56 Å². The molecule has 0 spiro atoms. The second kappa shape index (κ2) is 9.21. The highest BCUT2D eigenvalue weighted by Gasteiger charge is 1.95. The monoisotopic (exact) mass is 234 g/mol. The molecule has 0 aromatic heterocycles. The predicted molar refractivity (Wildman–Crippen MR) is 69.3 cm³/mol. The van der Waals surface area contributed by atoms with E-state index in [0.29, 0.717) is 5.57 Å². The van der Waals surface area contributed by atoms with Gasteiger partial charge >= 0.3 is 5.97 Å². The minimum Gasteiger partial charge on any atom is -0.504 e. The molecular formula is C14H18O3. The molecule has 0 unspecified atom stereocenters. The van der Waals surface area contributed by atoms with Gasteiger partial charge in [0, 0.05) is 5.57 Å². The van der Waals surface area contributed by atoms with Crippen molar-refractivity contribution in [3.63, 3.8) is 0 Å². The average molecular weight is 234 g/mol. The van der Waals surface area contributed by atoms with Gasteiger partial charge in [0.15, 0.2) is 0 Å². The number of hydrogen-bond donors (Lipinski definition) is 0. The Morgan fingerprint density at radius 1 is 1.24 bits per heavy atom. The molecule has 0 atom stereocenters. The topological polar surface area (TPSA) is 35.5 Å². The van der Waals surface area contributed by atoms with Crippen LogP contribution in [0, 0.1) is 0 Å². The highest BCUT2D eigenvalue weighted by molar-refractivity contribution is 5.86. The SMILES string of the molecule is C=C(C)C(=O)OC.COC=Cc1ccccc1. The van der Waals surface area contributed by atoms with Crippen LogP contribution in [0.25, 0.3) is 6.08 Å². The lowest BCUT2D eigenvalue weighted by Crippen LogP contribution is -1.98. The van der Waals surface area contributed by atoms with Crippen molar-refractivity contribution in [2.75, 3.05) is 14.2 Å². The first-order valence-corrected chi connectivity index (χ1v) is 5.10. The van der Waals surface area contributed by atoms with Gasteiger partial charge in [0.25, 0.3) is 0 Å². The fraction of sp³-hybridized carbons (Fsp3) is 0.214. The molecule has 0 aliphatic heterocycles. The van der Waals surface area contributed by atoms with Crippen LogP contribution in [0.15, 0.2) is 48.7 Å². The van der Waals surface area contributed by atoms with Crippen molar-refractivity contribution in [2.45, 2.75) is 6.92 Å². The Morgan fingerprint density at radius 2 is 1.82 bits per heavy atom. The molecule has 3 heteroatoms. The molecule has 0 aliphatic carbocycles. The summed E-state index contributed by atoms with van der Waals surface area (Å²) in [6.07, 6.45) is 3.58. The van der Waals surface area contributed by atoms with Gasteiger partial charge in [-0.05, 0) is 18.6 Å². The molecule has 0 saturated carbocycles. The van der Waals surface area contributed by atoms with Gasteiger partial charge in [-0.2, -0.15) is 0 Å². The molecule has 0 radical (unpaired) electrons. The van der Waals surface area contributed by atoms with Crippen molar-refractivity contribution in [3.05, 3.63) is 54.3 Å². The second-order valence-corrected chi connectivity index (χ2v) is 3.22. The first-order chi connectivity index (χ1) is 8.11. The summed E-state index contributed by atoms with van der Waals surface area (Å²) in [6, 6.07) is 10.0. The summed E-state index contributed by atoms with van der Waals surface area (Å²) in [5, 5.41) is 0. The predicted octanol–water partition coefficient (Wildman–Crippen LogP) is 3.04. The summed E-state index contributed by atoms with van der Waals surface area (Å²) in [5.74, 6) is -0.347. The first-order valence-electron chi connectivity index (χ1n) is 5.10. The Balaban J connectivity index is 0.000000325. The van der Waals surface area contributed by atoms with Crippen molar-refractivity contribution in [3.8, 4) is 0 Å². The molecule has 0 heterocycles. The lowest BCUT2D eigenvalue weighted by molar-refractivity contribution is -0.136. The van der Waals surface area contributed by atoms with Crippen LogP contribution in [0.4, 0.5) is 0 Å². The molecule has 1 aromatic rings. The van der Waals surface area contributed by atoms with E-state index in [1.54, 1.807) is 20.3 Å². The van der Waals surface area contributed by atoms with Crippen molar-refractivity contribution in [1.82, 2.24) is 0 Å². The van der Waals surface area contributed by atoms with Crippen LogP contribution in [-0.2, 0) is 14.3 Å². The molecule has 17 heavy (non-hydrogen) atoms. The van der Waals surface area contributed by atoms with Crippen LogP contribution in [0.2, 0.25) is 0 Å². The smallest absolute Gasteiger partial charge is 0.332 e. The number of carbonyl (C=O) groups excluding carboxylic acids is 1. The van der Waals surface area contributed by atoms with Gasteiger partial charge in [0.1, 0.15) is 0 Å². The third kappa shape index (κ3) is 7.85. The van der Waals surface area contributed by atoms with Gasteiger partial charge in [0.05, 0.1) is 20.5 Å². The van der Waals surface area contributed by atoms with E-state index in [4.69, 9.17) is 4.74 Å². The number of carbonyl (C=O) groups is 1. The number of methoxy groups -OCH3 is 2. The lowest BCUT2D eigenvalue weighted by atomic mass is 10.2. The minimum atomic E-state index is -0.347. The van der Waals surface area contributed by atoms with E-state index in [1.807, 2.05) is 36.4 Å². The first kappa shape index (κ1) is 15.0. The van der Waals surface area contributed by atoms with Crippen LogP contribution < -0.4 is 0 Å². The zero-order valence-corrected chi connectivity index (χ0v) is 10.5. The lowest BCUT2D eigenvalue weighted by Gasteiger charge is -1.91. The van der Waals surface area contributed by atoms with Crippen LogP contribution in [-0.4, -0.2) is 20.2 Å². The fourth-order valence-corrected chi connectivity index (χ4v) is 0.885. The van der Waals surface area contributed by atoms with E-state index < -0.39 is 0 Å². The Hall–Kier alpha value is -2.03. The zero-order valence-electron chi connectivity index (χ0n) is 10.5. The van der Waals surface area contributed by atoms with Gasteiger partial charge in [-0.25, -0.2) is 4.79 Å². The molecule has 0 saturated heterocycles. The maximum Gasteiger partial charge on any atom is 0.332 e. The van der Waals surface area contributed by atoms with Gasteiger partial charge < -0.3 is 9.47 Å². The second-order valence-electron chi connectivity index (χ2n) is 3.22. The number of hydrogen-bond acceptors (Lipinski definition) is 3. The zero-order chi connectivity index (χ0) is 13.1. The molecule has 1 aromatic carbocycles. The number of esters is 1. The number of ether oxygens (including phenoxy) is 2. The molecule has 0 bridgehead atoms. The highest BCUT2D eigenvalue weighted by atomic mass is 16.5. The average Bonchev–Trinajstić information content (AvgIpc) is 2.37. The number of rotatable bonds is 3. The minimum absolute atomic E-state index is 0.347. The Kier molecular flexibility index (Phi) is 8.11. The molecule has 0 fully saturated rings. The number of benzene rings is 1. The summed E-state index contributed by atoms with van der Waals surface area (Å²) >= 11 is 0. The maximum atomic E-state index is 10.2. The molecule has 0 aliphatic rings. The highest BCUT2D eigenvalue weighted by Crippen LogP contribution is 1.99. The Bertz CT molecular complexity index is 366. The van der Waals surface area contributed by atoms with E-state index >= 15 is 0 Å². The molecule has 3 nitrogen and oxygen atoms in total. The van der Waals surface area contributed by atoms with Crippen molar-refractivity contribution in [1.29, 1.82) is 0 Å². The van der Waals surface area contributed by atoms with E-state index in [9.17, 15) is 4.79 Å². The van der Waals surface area contributed by atoms with Gasteiger partial charge in [-0.1, -0.05) is 36.9 Å². The van der Waals surface area contributed by atoms with Crippen LogP contribution in [0.5, 0.6) is 0 Å². The Morgan fingerprint density at radius 3 is 2.18 bits per heavy atom. The van der Waals surface area contributed by atoms with Crippen molar-refractivity contribution >= 4 is 12.0 Å². The fourth-order valence-electron chi connectivity index (χ4n) is 0.885. The summed E-state index contributed by atoms with van der Waals surface area (Å²) in [5.41, 5.74) is 1.59. The summed E-state index contributed by atoms with van der Waals surface area (Å²) in [6.45, 7) is 4.95. The normalized spacial score (nSPS) is 9.12. The van der Waals surface area contributed by atoms with Crippen LogP contribution in [0.3, 0.4) is 0 Å². The largest absolute Gasteiger partial charge is 0.504 e. The van der Waals surface area contributed by atoms with E-state index in [-0.39, 0.29) is 5.97 Å². The quantitative estimate of drug-likeness (QED) is 0.458. The molecule has 0 amide bonds. The van der Waals surface area contributed by atoms with Crippen LogP contribution in [0.1, 0.15) is 12.5 Å². The van der Waals surface area contributed by atoms with Crippen LogP contribution >= 0.6 is 0 Å². The standard InChI is InChI=1S/C9H10O.C5H8O2/c1-10-8-7-9-5-3-2-4-6-9;1-4(2)5(6)7-3/h2-8H,1H3;1H2,2-3H3. The summed E-state index contributed by atoms with van der Waals surface area (Å²) < 4.78 is 9.04. The maximum absolute atomic E-state index is 10.2. The molecule has 1 rings (SSSR count). The van der Waals surface area contributed by atoms with Crippen molar-refractivity contribution in [2.24, 2.45) is 0 Å². The molecular weight excluding hydrogens is 216 g/mol. The van der Waals surface area contributed by atoms with Crippen molar-refractivity contribution < 1.29 is 14.3 Å². The third-order valence-electron chi connectivity index (χ3n) is 1.73. The third-order valence-corrected chi connectivity index (χ3v) is 1.73. The summed E-state index contributed by atoms with van der Waals surface area (Å²) in [7, 11) is 2.97.